The van der Waals surface area contributed by atoms with Gasteiger partial charge < -0.3 is 14.2 Å². The van der Waals surface area contributed by atoms with Crippen LogP contribution < -0.4 is 0 Å². The summed E-state index contributed by atoms with van der Waals surface area (Å²) in [5.74, 6) is -1.07. The molecule has 0 aromatic rings. The zero-order chi connectivity index (χ0) is 55.7. The SMILES string of the molecule is CC/C=C\C/C=C\C/C=C\C/C=C\C/C=C\CCCC(=O)OC(COC(=O)CC/C=C\C/C=C\C/C=C\C/C=C\CC)COC(=O)CCCCCCCCCCCCCCCCCCC/C=C\C/C=C\CCCCCCC. The Morgan fingerprint density at radius 3 is 0.909 bits per heavy atom. The fourth-order valence-electron chi connectivity index (χ4n) is 8.46. The topological polar surface area (TPSA) is 78.9 Å². The molecular formula is C71H116O6. The zero-order valence-corrected chi connectivity index (χ0v) is 49.9. The molecule has 436 valence electrons. The van der Waals surface area contributed by atoms with E-state index in [1.807, 2.05) is 12.2 Å². The van der Waals surface area contributed by atoms with Gasteiger partial charge in [-0.25, -0.2) is 0 Å². The number of unbranched alkanes of at least 4 members (excludes halogenated alkanes) is 23. The maximum absolute atomic E-state index is 12.8. The number of hydrogen-bond donors (Lipinski definition) is 0. The minimum Gasteiger partial charge on any atom is -0.462 e. The molecule has 1 atom stereocenters. The van der Waals surface area contributed by atoms with Crippen molar-refractivity contribution >= 4 is 17.9 Å². The standard InChI is InChI=1S/C71H116O6/c1-4-7-10-13-16-19-22-25-27-29-30-31-32-33-34-35-36-37-38-39-40-42-43-46-49-52-55-58-61-64-70(73)76-67-68(66-75-69(72)63-60-57-54-51-48-45-24-21-18-15-12-9-6-3)77-71(74)65-62-59-56-53-50-47-44-41-28-26-23-20-17-14-11-8-5-2/h8-9,11-12,17-18,20-22,25-26,28-30,44-45,47-48,53-54,56-57,68H,4-7,10,13-16,19,23-24,27,31-43,46,49-52,55,58-67H2,1-3H3/b11-8-,12-9-,20-17-,21-18-,25-22-,28-26-,30-29-,47-44-,48-45-,56-53-,57-54-. The van der Waals surface area contributed by atoms with Gasteiger partial charge in [-0.1, -0.05) is 276 Å². The maximum atomic E-state index is 12.8. The molecule has 0 saturated heterocycles. The summed E-state index contributed by atoms with van der Waals surface area (Å²) in [4.78, 5) is 38.2. The molecule has 0 rings (SSSR count). The van der Waals surface area contributed by atoms with E-state index in [9.17, 15) is 14.4 Å². The second-order valence-corrected chi connectivity index (χ2v) is 20.5. The molecule has 0 fully saturated rings. The third-order valence-corrected chi connectivity index (χ3v) is 13.1. The molecule has 0 aliphatic rings. The van der Waals surface area contributed by atoms with Crippen LogP contribution in [0.4, 0.5) is 0 Å². The molecule has 0 saturated carbocycles. The molecule has 6 heteroatoms. The van der Waals surface area contributed by atoms with Crippen LogP contribution in [0.15, 0.2) is 134 Å². The van der Waals surface area contributed by atoms with Gasteiger partial charge >= 0.3 is 17.9 Å². The lowest BCUT2D eigenvalue weighted by Crippen LogP contribution is -2.30. The first-order chi connectivity index (χ1) is 38.0. The second kappa shape index (κ2) is 64.1. The summed E-state index contributed by atoms with van der Waals surface area (Å²) >= 11 is 0. The Labute approximate surface area is 475 Å². The van der Waals surface area contributed by atoms with E-state index in [-0.39, 0.29) is 44.0 Å². The highest BCUT2D eigenvalue weighted by Crippen LogP contribution is 2.16. The summed E-state index contributed by atoms with van der Waals surface area (Å²) in [5.41, 5.74) is 0. The number of rotatable bonds is 56. The fraction of sp³-hybridized carbons (Fsp3) is 0.648. The quantitative estimate of drug-likeness (QED) is 0.0261. The Morgan fingerprint density at radius 2 is 0.545 bits per heavy atom. The lowest BCUT2D eigenvalue weighted by Gasteiger charge is -2.18. The molecule has 0 bridgehead atoms. The van der Waals surface area contributed by atoms with Crippen LogP contribution in [0.25, 0.3) is 0 Å². The molecule has 0 heterocycles. The average Bonchev–Trinajstić information content (AvgIpc) is 3.43. The van der Waals surface area contributed by atoms with Crippen molar-refractivity contribution in [3.05, 3.63) is 134 Å². The molecule has 1 unspecified atom stereocenters. The van der Waals surface area contributed by atoms with Crippen molar-refractivity contribution in [3.8, 4) is 0 Å². The lowest BCUT2D eigenvalue weighted by atomic mass is 10.0. The largest absolute Gasteiger partial charge is 0.462 e. The van der Waals surface area contributed by atoms with Crippen molar-refractivity contribution in [2.45, 2.75) is 284 Å². The number of esters is 3. The summed E-state index contributed by atoms with van der Waals surface area (Å²) in [6.07, 6.45) is 90.7. The molecule has 0 spiro atoms. The summed E-state index contributed by atoms with van der Waals surface area (Å²) in [7, 11) is 0. The first-order valence-electron chi connectivity index (χ1n) is 31.7. The van der Waals surface area contributed by atoms with Gasteiger partial charge in [0.25, 0.3) is 0 Å². The normalized spacial score (nSPS) is 13.0. The second-order valence-electron chi connectivity index (χ2n) is 20.5. The highest BCUT2D eigenvalue weighted by molar-refractivity contribution is 5.71. The predicted octanol–water partition coefficient (Wildman–Crippen LogP) is 21.8. The van der Waals surface area contributed by atoms with Gasteiger partial charge in [0.1, 0.15) is 13.2 Å². The van der Waals surface area contributed by atoms with Gasteiger partial charge in [0.15, 0.2) is 6.10 Å². The van der Waals surface area contributed by atoms with Crippen LogP contribution in [0.3, 0.4) is 0 Å². The molecule has 0 radical (unpaired) electrons. The minimum atomic E-state index is -0.841. The van der Waals surface area contributed by atoms with E-state index in [0.717, 1.165) is 89.9 Å². The first-order valence-corrected chi connectivity index (χ1v) is 31.7. The fourth-order valence-corrected chi connectivity index (χ4v) is 8.46. The monoisotopic (exact) mass is 1060 g/mol. The van der Waals surface area contributed by atoms with Crippen molar-refractivity contribution in [1.29, 1.82) is 0 Å². The number of carbonyl (C=O) groups excluding carboxylic acids is 3. The molecule has 0 amide bonds. The van der Waals surface area contributed by atoms with E-state index in [1.54, 1.807) is 0 Å². The van der Waals surface area contributed by atoms with Crippen LogP contribution in [-0.4, -0.2) is 37.2 Å². The smallest absolute Gasteiger partial charge is 0.306 e. The Hall–Kier alpha value is -4.45. The highest BCUT2D eigenvalue weighted by atomic mass is 16.6. The molecular weight excluding hydrogens is 949 g/mol. The van der Waals surface area contributed by atoms with Crippen LogP contribution in [-0.2, 0) is 28.6 Å². The van der Waals surface area contributed by atoms with Crippen LogP contribution in [0.2, 0.25) is 0 Å². The van der Waals surface area contributed by atoms with E-state index in [0.29, 0.717) is 19.3 Å². The van der Waals surface area contributed by atoms with Gasteiger partial charge in [0.05, 0.1) is 0 Å². The van der Waals surface area contributed by atoms with Gasteiger partial charge in [-0.3, -0.25) is 14.4 Å². The van der Waals surface area contributed by atoms with Crippen LogP contribution in [0.1, 0.15) is 278 Å². The Balaban J connectivity index is 4.33. The predicted molar refractivity (Wildman–Crippen MR) is 334 cm³/mol. The Kier molecular flexibility index (Phi) is 60.4. The van der Waals surface area contributed by atoms with E-state index in [1.165, 1.54) is 135 Å². The molecule has 0 aromatic heterocycles. The first kappa shape index (κ1) is 72.5. The van der Waals surface area contributed by atoms with E-state index in [4.69, 9.17) is 14.2 Å². The van der Waals surface area contributed by atoms with Crippen molar-refractivity contribution in [2.75, 3.05) is 13.2 Å². The van der Waals surface area contributed by atoms with E-state index in [2.05, 4.69) is 142 Å². The van der Waals surface area contributed by atoms with Crippen molar-refractivity contribution in [3.63, 3.8) is 0 Å². The van der Waals surface area contributed by atoms with Crippen LogP contribution in [0.5, 0.6) is 0 Å². The van der Waals surface area contributed by atoms with Crippen molar-refractivity contribution in [2.24, 2.45) is 0 Å². The number of ether oxygens (including phenoxy) is 3. The summed E-state index contributed by atoms with van der Waals surface area (Å²) in [6, 6.07) is 0. The van der Waals surface area contributed by atoms with Crippen LogP contribution >= 0.6 is 0 Å². The van der Waals surface area contributed by atoms with Crippen molar-refractivity contribution in [1.82, 2.24) is 0 Å². The molecule has 6 nitrogen and oxygen atoms in total. The summed E-state index contributed by atoms with van der Waals surface area (Å²) in [6.45, 7) is 6.29. The van der Waals surface area contributed by atoms with Gasteiger partial charge in [-0.2, -0.15) is 0 Å². The summed E-state index contributed by atoms with van der Waals surface area (Å²) < 4.78 is 16.8. The molecule has 0 aromatic carbocycles. The van der Waals surface area contributed by atoms with Crippen LogP contribution in [0, 0.1) is 0 Å². The van der Waals surface area contributed by atoms with E-state index >= 15 is 0 Å². The maximum Gasteiger partial charge on any atom is 0.306 e. The lowest BCUT2D eigenvalue weighted by molar-refractivity contribution is -0.166. The summed E-state index contributed by atoms with van der Waals surface area (Å²) in [5, 5.41) is 0. The number of hydrogen-bond acceptors (Lipinski definition) is 6. The van der Waals surface area contributed by atoms with Gasteiger partial charge in [-0.05, 0) is 116 Å². The third kappa shape index (κ3) is 62.3. The Morgan fingerprint density at radius 1 is 0.273 bits per heavy atom. The minimum absolute atomic E-state index is 0.125. The highest BCUT2D eigenvalue weighted by Gasteiger charge is 2.19. The molecule has 0 N–H and O–H groups in total. The van der Waals surface area contributed by atoms with Gasteiger partial charge in [0, 0.05) is 19.3 Å². The van der Waals surface area contributed by atoms with Crippen molar-refractivity contribution < 1.29 is 28.6 Å². The molecule has 77 heavy (non-hydrogen) atoms. The van der Waals surface area contributed by atoms with Gasteiger partial charge in [0.2, 0.25) is 0 Å². The molecule has 0 aliphatic heterocycles. The average molecular weight is 1070 g/mol. The Bertz CT molecular complexity index is 1650. The zero-order valence-electron chi connectivity index (χ0n) is 49.9. The molecule has 0 aliphatic carbocycles. The number of carbonyl (C=O) groups is 3. The van der Waals surface area contributed by atoms with E-state index < -0.39 is 6.10 Å². The van der Waals surface area contributed by atoms with Gasteiger partial charge in [-0.15, -0.1) is 0 Å². The third-order valence-electron chi connectivity index (χ3n) is 13.1. The number of allylic oxidation sites excluding steroid dienone is 22.